The lowest BCUT2D eigenvalue weighted by atomic mass is 10.2. The molecular weight excluding hydrogens is 648 g/mol. The lowest BCUT2D eigenvalue weighted by molar-refractivity contribution is 0.335. The van der Waals surface area contributed by atoms with Crippen LogP contribution in [0.25, 0.3) is 10.9 Å². The molecule has 5 nitrogen and oxygen atoms in total. The van der Waals surface area contributed by atoms with Crippen LogP contribution in [0.15, 0.2) is 44.7 Å². The Labute approximate surface area is 199 Å². The van der Waals surface area contributed by atoms with Crippen molar-refractivity contribution in [2.45, 2.75) is 26.7 Å². The van der Waals surface area contributed by atoms with Gasteiger partial charge in [0.25, 0.3) is 5.56 Å². The number of ether oxygens (including phenoxy) is 1. The summed E-state index contributed by atoms with van der Waals surface area (Å²) in [6.45, 7) is 6.58. The Kier molecular flexibility index (Phi) is 7.13. The van der Waals surface area contributed by atoms with Gasteiger partial charge in [0.15, 0.2) is 0 Å². The van der Waals surface area contributed by atoms with Crippen LogP contribution in [0.1, 0.15) is 38.1 Å². The fourth-order valence-electron chi connectivity index (χ4n) is 2.71. The number of halogens is 3. The van der Waals surface area contributed by atoms with Gasteiger partial charge in [-0.05, 0) is 88.0 Å². The quantitative estimate of drug-likeness (QED) is 0.257. The summed E-state index contributed by atoms with van der Waals surface area (Å²) in [4.78, 5) is 17.7. The van der Waals surface area contributed by atoms with Gasteiger partial charge in [0, 0.05) is 10.4 Å². The maximum atomic E-state index is 13.1. The van der Waals surface area contributed by atoms with Crippen molar-refractivity contribution in [3.8, 4) is 5.75 Å². The van der Waals surface area contributed by atoms with E-state index < -0.39 is 0 Å². The Morgan fingerprint density at radius 2 is 1.93 bits per heavy atom. The van der Waals surface area contributed by atoms with Crippen LogP contribution in [0.5, 0.6) is 5.75 Å². The Morgan fingerprint density at radius 3 is 2.54 bits per heavy atom. The Hall–Kier alpha value is -1.01. The second-order valence-corrected chi connectivity index (χ2v) is 9.63. The molecule has 0 saturated carbocycles. The molecule has 2 aromatic carbocycles. The summed E-state index contributed by atoms with van der Waals surface area (Å²) in [5.41, 5.74) is 1.39. The lowest BCUT2D eigenvalue weighted by Gasteiger charge is -2.12. The second kappa shape index (κ2) is 9.21. The molecule has 0 N–H and O–H groups in total. The van der Waals surface area contributed by atoms with E-state index in [0.717, 1.165) is 22.9 Å². The van der Waals surface area contributed by atoms with E-state index in [2.05, 4.69) is 71.2 Å². The SMILES string of the molecule is CCOc1c(I)cc(C=Nn2c(C(C)C)nc3ccc(Br)cc3c2=O)cc1I. The van der Waals surface area contributed by atoms with Crippen molar-refractivity contribution in [1.29, 1.82) is 0 Å². The van der Waals surface area contributed by atoms with Gasteiger partial charge in [0.2, 0.25) is 0 Å². The van der Waals surface area contributed by atoms with E-state index >= 15 is 0 Å². The summed E-state index contributed by atoms with van der Waals surface area (Å²) >= 11 is 7.92. The summed E-state index contributed by atoms with van der Waals surface area (Å²) in [5.74, 6) is 1.56. The first kappa shape index (κ1) is 21.7. The monoisotopic (exact) mass is 665 g/mol. The molecule has 0 spiro atoms. The molecule has 0 amide bonds. The van der Waals surface area contributed by atoms with E-state index in [0.29, 0.717) is 23.3 Å². The molecular formula is C20H18BrI2N3O2. The summed E-state index contributed by atoms with van der Waals surface area (Å²) in [6, 6.07) is 9.49. The molecule has 0 fully saturated rings. The highest BCUT2D eigenvalue weighted by molar-refractivity contribution is 14.1. The van der Waals surface area contributed by atoms with E-state index in [1.807, 2.05) is 45.0 Å². The van der Waals surface area contributed by atoms with Crippen LogP contribution < -0.4 is 10.3 Å². The third-order valence-electron chi connectivity index (χ3n) is 3.98. The van der Waals surface area contributed by atoms with Gasteiger partial charge in [-0.25, -0.2) is 4.98 Å². The van der Waals surface area contributed by atoms with Gasteiger partial charge in [-0.15, -0.1) is 0 Å². The third-order valence-corrected chi connectivity index (χ3v) is 6.08. The first-order valence-electron chi connectivity index (χ1n) is 8.70. The first-order chi connectivity index (χ1) is 13.3. The van der Waals surface area contributed by atoms with Crippen LogP contribution in [0.2, 0.25) is 0 Å². The summed E-state index contributed by atoms with van der Waals surface area (Å²) < 4.78 is 9.93. The normalized spacial score (nSPS) is 11.7. The zero-order chi connectivity index (χ0) is 20.4. The minimum Gasteiger partial charge on any atom is -0.492 e. The van der Waals surface area contributed by atoms with Crippen molar-refractivity contribution in [1.82, 2.24) is 9.66 Å². The Bertz CT molecular complexity index is 1100. The number of nitrogens with zero attached hydrogens (tertiary/aromatic N) is 3. The zero-order valence-electron chi connectivity index (χ0n) is 15.5. The average Bonchev–Trinajstić information content (AvgIpc) is 2.64. The van der Waals surface area contributed by atoms with Crippen molar-refractivity contribution in [2.75, 3.05) is 6.61 Å². The van der Waals surface area contributed by atoms with Gasteiger partial charge in [-0.3, -0.25) is 4.79 Å². The van der Waals surface area contributed by atoms with E-state index in [1.54, 1.807) is 12.3 Å². The molecule has 3 aromatic rings. The minimum atomic E-state index is -0.179. The predicted octanol–water partition coefficient (Wildman–Crippen LogP) is 5.77. The van der Waals surface area contributed by atoms with Gasteiger partial charge in [0.1, 0.15) is 11.6 Å². The van der Waals surface area contributed by atoms with Crippen molar-refractivity contribution < 1.29 is 4.74 Å². The van der Waals surface area contributed by atoms with Crippen LogP contribution in [-0.4, -0.2) is 22.5 Å². The molecule has 28 heavy (non-hydrogen) atoms. The largest absolute Gasteiger partial charge is 0.492 e. The van der Waals surface area contributed by atoms with E-state index in [-0.39, 0.29) is 11.5 Å². The molecule has 0 aliphatic heterocycles. The second-order valence-electron chi connectivity index (χ2n) is 6.39. The van der Waals surface area contributed by atoms with E-state index in [9.17, 15) is 4.79 Å². The number of benzene rings is 2. The van der Waals surface area contributed by atoms with Crippen LogP contribution >= 0.6 is 61.1 Å². The van der Waals surface area contributed by atoms with Crippen LogP contribution in [0.4, 0.5) is 0 Å². The molecule has 0 atom stereocenters. The molecule has 0 aliphatic carbocycles. The van der Waals surface area contributed by atoms with Crippen molar-refractivity contribution in [3.05, 3.63) is 63.7 Å². The van der Waals surface area contributed by atoms with Crippen LogP contribution in [0.3, 0.4) is 0 Å². The van der Waals surface area contributed by atoms with E-state index in [4.69, 9.17) is 4.74 Å². The van der Waals surface area contributed by atoms with Crippen molar-refractivity contribution in [2.24, 2.45) is 5.10 Å². The van der Waals surface area contributed by atoms with Gasteiger partial charge in [-0.2, -0.15) is 9.78 Å². The number of aromatic nitrogens is 2. The third kappa shape index (κ3) is 4.59. The summed E-state index contributed by atoms with van der Waals surface area (Å²) in [6.07, 6.45) is 1.69. The number of rotatable bonds is 5. The summed E-state index contributed by atoms with van der Waals surface area (Å²) in [5, 5.41) is 5.02. The molecule has 0 saturated heterocycles. The van der Waals surface area contributed by atoms with Gasteiger partial charge >= 0.3 is 0 Å². The van der Waals surface area contributed by atoms with Crippen molar-refractivity contribution >= 4 is 78.2 Å². The smallest absolute Gasteiger partial charge is 0.282 e. The average molecular weight is 666 g/mol. The molecule has 0 unspecified atom stereocenters. The zero-order valence-corrected chi connectivity index (χ0v) is 21.4. The molecule has 146 valence electrons. The number of hydrogen-bond acceptors (Lipinski definition) is 4. The highest BCUT2D eigenvalue weighted by Crippen LogP contribution is 2.28. The lowest BCUT2D eigenvalue weighted by Crippen LogP contribution is -2.23. The van der Waals surface area contributed by atoms with Crippen LogP contribution in [0, 0.1) is 7.14 Å². The van der Waals surface area contributed by atoms with Gasteiger partial charge in [-0.1, -0.05) is 29.8 Å². The Balaban J connectivity index is 2.12. The molecule has 1 heterocycles. The predicted molar refractivity (Wildman–Crippen MR) is 134 cm³/mol. The molecule has 3 rings (SSSR count). The van der Waals surface area contributed by atoms with Gasteiger partial charge in [0.05, 0.1) is 30.9 Å². The topological polar surface area (TPSA) is 56.5 Å². The highest BCUT2D eigenvalue weighted by atomic mass is 127. The fourth-order valence-corrected chi connectivity index (χ4v) is 5.20. The van der Waals surface area contributed by atoms with Crippen molar-refractivity contribution in [3.63, 3.8) is 0 Å². The fraction of sp³-hybridized carbons (Fsp3) is 0.250. The Morgan fingerprint density at radius 1 is 1.25 bits per heavy atom. The summed E-state index contributed by atoms with van der Waals surface area (Å²) in [7, 11) is 0. The molecule has 0 radical (unpaired) electrons. The molecule has 1 aromatic heterocycles. The first-order valence-corrected chi connectivity index (χ1v) is 11.6. The maximum Gasteiger partial charge on any atom is 0.282 e. The maximum absolute atomic E-state index is 13.1. The van der Waals surface area contributed by atoms with E-state index in [1.165, 1.54) is 4.68 Å². The van der Waals surface area contributed by atoms with Crippen LogP contribution in [-0.2, 0) is 0 Å². The standard InChI is InChI=1S/C20H18BrI2N3O2/c1-4-28-18-15(22)7-12(8-16(18)23)10-24-26-19(11(2)3)25-17-6-5-13(21)9-14(17)20(26)27/h5-11H,4H2,1-3H3. The highest BCUT2D eigenvalue weighted by Gasteiger charge is 2.14. The van der Waals surface area contributed by atoms with Gasteiger partial charge < -0.3 is 4.74 Å². The molecule has 0 aliphatic rings. The number of fused-ring (bicyclic) bond motifs is 1. The molecule has 8 heteroatoms. The minimum absolute atomic E-state index is 0.0542. The number of hydrogen-bond donors (Lipinski definition) is 0. The molecule has 0 bridgehead atoms.